The number of ether oxygens (including phenoxy) is 2. The molecule has 1 aromatic carbocycles. The molecule has 10 heteroatoms. The Morgan fingerprint density at radius 3 is 2.62 bits per heavy atom. The van der Waals surface area contributed by atoms with Crippen LogP contribution in [0.15, 0.2) is 70.4 Å². The van der Waals surface area contributed by atoms with Gasteiger partial charge < -0.3 is 24.1 Å². The lowest BCUT2D eigenvalue weighted by Crippen LogP contribution is -2.22. The molecule has 0 spiro atoms. The maximum absolute atomic E-state index is 12.5. The van der Waals surface area contributed by atoms with Gasteiger partial charge in [0.2, 0.25) is 0 Å². The van der Waals surface area contributed by atoms with E-state index in [-0.39, 0.29) is 11.7 Å². The first-order valence-electron chi connectivity index (χ1n) is 12.7. The fourth-order valence-corrected chi connectivity index (χ4v) is 4.59. The monoisotopic (exact) mass is 547 g/mol. The number of thioether (sulfide) groups is 1. The maximum Gasteiger partial charge on any atom is 0.287 e. The van der Waals surface area contributed by atoms with Crippen LogP contribution in [0.4, 0.5) is 5.82 Å². The topological polar surface area (TPSA) is 103 Å². The minimum absolute atomic E-state index is 0.264. The molecule has 204 valence electrons. The SMILES string of the molecule is CCc1cc(N(C)CCc2ccc(OC)c(OC)c2)nc(SCc2ccc(C(=O)NCc3ccccn3)o2)n1. The summed E-state index contributed by atoms with van der Waals surface area (Å²) in [6, 6.07) is 17.1. The average Bonchev–Trinajstić information content (AvgIpc) is 3.47. The van der Waals surface area contributed by atoms with E-state index in [9.17, 15) is 4.79 Å². The predicted octanol–water partition coefficient (Wildman–Crippen LogP) is 4.95. The van der Waals surface area contributed by atoms with E-state index in [2.05, 4.69) is 27.1 Å². The van der Waals surface area contributed by atoms with Gasteiger partial charge in [0.1, 0.15) is 11.6 Å². The second-order valence-corrected chi connectivity index (χ2v) is 9.72. The number of aromatic nitrogens is 3. The smallest absolute Gasteiger partial charge is 0.287 e. The van der Waals surface area contributed by atoms with Crippen LogP contribution in [0.1, 0.15) is 40.2 Å². The number of anilines is 1. The first kappa shape index (κ1) is 28.0. The number of carbonyl (C=O) groups is 1. The molecule has 3 heterocycles. The van der Waals surface area contributed by atoms with Crippen LogP contribution in [-0.2, 0) is 25.1 Å². The molecule has 4 rings (SSSR count). The van der Waals surface area contributed by atoms with Gasteiger partial charge in [-0.15, -0.1) is 0 Å². The molecule has 4 aromatic rings. The van der Waals surface area contributed by atoms with E-state index < -0.39 is 0 Å². The van der Waals surface area contributed by atoms with Crippen molar-refractivity contribution in [2.75, 3.05) is 32.7 Å². The third kappa shape index (κ3) is 7.73. The Morgan fingerprint density at radius 1 is 1.03 bits per heavy atom. The highest BCUT2D eigenvalue weighted by Crippen LogP contribution is 2.28. The van der Waals surface area contributed by atoms with Crippen molar-refractivity contribution in [3.8, 4) is 11.5 Å². The van der Waals surface area contributed by atoms with Crippen molar-refractivity contribution >= 4 is 23.5 Å². The third-order valence-corrected chi connectivity index (χ3v) is 6.94. The van der Waals surface area contributed by atoms with Crippen LogP contribution in [0.5, 0.6) is 11.5 Å². The summed E-state index contributed by atoms with van der Waals surface area (Å²) >= 11 is 1.48. The van der Waals surface area contributed by atoms with Gasteiger partial charge in [-0.1, -0.05) is 30.8 Å². The lowest BCUT2D eigenvalue weighted by molar-refractivity contribution is 0.0921. The van der Waals surface area contributed by atoms with Gasteiger partial charge in [-0.25, -0.2) is 9.97 Å². The Kier molecular flexibility index (Phi) is 9.80. The predicted molar refractivity (Wildman–Crippen MR) is 152 cm³/mol. The summed E-state index contributed by atoms with van der Waals surface area (Å²) in [6.07, 6.45) is 3.32. The molecular formula is C29H33N5O4S. The minimum Gasteiger partial charge on any atom is -0.493 e. The number of nitrogens with zero attached hydrogens (tertiary/aromatic N) is 4. The molecule has 3 aromatic heterocycles. The number of amides is 1. The highest BCUT2D eigenvalue weighted by Gasteiger charge is 2.14. The van der Waals surface area contributed by atoms with Crippen molar-refractivity contribution in [1.29, 1.82) is 0 Å². The van der Waals surface area contributed by atoms with Crippen LogP contribution in [0.2, 0.25) is 0 Å². The van der Waals surface area contributed by atoms with Gasteiger partial charge in [0, 0.05) is 31.5 Å². The molecule has 0 aliphatic heterocycles. The zero-order chi connectivity index (χ0) is 27.6. The molecule has 9 nitrogen and oxygen atoms in total. The molecule has 1 amide bonds. The Morgan fingerprint density at radius 2 is 1.87 bits per heavy atom. The number of hydrogen-bond acceptors (Lipinski definition) is 9. The molecule has 0 saturated carbocycles. The fraction of sp³-hybridized carbons (Fsp3) is 0.310. The quantitative estimate of drug-likeness (QED) is 0.184. The average molecular weight is 548 g/mol. The number of methoxy groups -OCH3 is 2. The number of nitrogens with one attached hydrogen (secondary N) is 1. The number of likely N-dealkylation sites (N-methyl/N-ethyl adjacent to an activating group) is 1. The standard InChI is InChI=1S/C29H33N5O4S/c1-5-21-17-27(34(2)15-13-20-9-11-24(36-3)26(16-20)37-4)33-29(32-21)39-19-23-10-12-25(38-23)28(35)31-18-22-8-6-7-14-30-22/h6-12,14,16-17H,5,13,15,18-19H2,1-4H3,(H,31,35). The summed E-state index contributed by atoms with van der Waals surface area (Å²) in [5.41, 5.74) is 2.90. The normalized spacial score (nSPS) is 10.8. The van der Waals surface area contributed by atoms with E-state index in [0.717, 1.165) is 47.9 Å². The summed E-state index contributed by atoms with van der Waals surface area (Å²) in [4.78, 5) is 28.3. The Labute approximate surface area is 233 Å². The lowest BCUT2D eigenvalue weighted by atomic mass is 10.1. The van der Waals surface area contributed by atoms with E-state index in [1.807, 2.05) is 55.6 Å². The second kappa shape index (κ2) is 13.7. The van der Waals surface area contributed by atoms with Gasteiger partial charge in [0.05, 0.1) is 32.2 Å². The summed E-state index contributed by atoms with van der Waals surface area (Å²) in [6.45, 7) is 3.19. The molecule has 0 aliphatic rings. The number of rotatable bonds is 13. The van der Waals surface area contributed by atoms with Crippen LogP contribution in [0, 0.1) is 0 Å². The molecule has 0 fully saturated rings. The van der Waals surface area contributed by atoms with E-state index in [1.54, 1.807) is 26.5 Å². The first-order chi connectivity index (χ1) is 19.0. The summed E-state index contributed by atoms with van der Waals surface area (Å²) in [5, 5.41) is 3.49. The van der Waals surface area contributed by atoms with Crippen LogP contribution < -0.4 is 19.7 Å². The zero-order valence-electron chi connectivity index (χ0n) is 22.6. The second-order valence-electron chi connectivity index (χ2n) is 8.77. The van der Waals surface area contributed by atoms with Crippen LogP contribution in [-0.4, -0.2) is 48.7 Å². The summed E-state index contributed by atoms with van der Waals surface area (Å²) in [5.74, 6) is 3.47. The lowest BCUT2D eigenvalue weighted by Gasteiger charge is -2.20. The molecule has 0 radical (unpaired) electrons. The zero-order valence-corrected chi connectivity index (χ0v) is 23.5. The molecule has 0 atom stereocenters. The van der Waals surface area contributed by atoms with Crippen LogP contribution in [0.25, 0.3) is 0 Å². The van der Waals surface area contributed by atoms with E-state index in [0.29, 0.717) is 29.0 Å². The van der Waals surface area contributed by atoms with E-state index >= 15 is 0 Å². The van der Waals surface area contributed by atoms with Crippen molar-refractivity contribution < 1.29 is 18.7 Å². The summed E-state index contributed by atoms with van der Waals surface area (Å²) < 4.78 is 16.5. The number of hydrogen-bond donors (Lipinski definition) is 1. The third-order valence-electron chi connectivity index (χ3n) is 6.07. The van der Waals surface area contributed by atoms with Crippen molar-refractivity contribution in [3.05, 3.63) is 89.3 Å². The number of carbonyl (C=O) groups excluding carboxylic acids is 1. The van der Waals surface area contributed by atoms with Crippen molar-refractivity contribution in [3.63, 3.8) is 0 Å². The van der Waals surface area contributed by atoms with Crippen molar-refractivity contribution in [1.82, 2.24) is 20.3 Å². The maximum atomic E-state index is 12.5. The number of pyridine rings is 1. The molecular weight excluding hydrogens is 514 g/mol. The van der Waals surface area contributed by atoms with Gasteiger partial charge in [-0.2, -0.15) is 0 Å². The molecule has 0 bridgehead atoms. The number of furan rings is 1. The van der Waals surface area contributed by atoms with Gasteiger partial charge in [0.15, 0.2) is 22.4 Å². The fourth-order valence-electron chi connectivity index (χ4n) is 3.82. The number of benzene rings is 1. The molecule has 0 saturated heterocycles. The Balaban J connectivity index is 1.35. The van der Waals surface area contributed by atoms with Gasteiger partial charge in [-0.3, -0.25) is 9.78 Å². The van der Waals surface area contributed by atoms with E-state index in [4.69, 9.17) is 18.9 Å². The molecule has 1 N–H and O–H groups in total. The van der Waals surface area contributed by atoms with Crippen LogP contribution in [0.3, 0.4) is 0 Å². The van der Waals surface area contributed by atoms with E-state index in [1.165, 1.54) is 11.8 Å². The Bertz CT molecular complexity index is 1380. The molecule has 0 aliphatic carbocycles. The van der Waals surface area contributed by atoms with Gasteiger partial charge in [-0.05, 0) is 54.8 Å². The van der Waals surface area contributed by atoms with Gasteiger partial charge >= 0.3 is 0 Å². The Hall–Kier alpha value is -4.05. The first-order valence-corrected chi connectivity index (χ1v) is 13.7. The molecule has 0 unspecified atom stereocenters. The summed E-state index contributed by atoms with van der Waals surface area (Å²) in [7, 11) is 5.30. The molecule has 39 heavy (non-hydrogen) atoms. The highest BCUT2D eigenvalue weighted by molar-refractivity contribution is 7.98. The van der Waals surface area contributed by atoms with Gasteiger partial charge in [0.25, 0.3) is 5.91 Å². The minimum atomic E-state index is -0.278. The number of aryl methyl sites for hydroxylation is 1. The highest BCUT2D eigenvalue weighted by atomic mass is 32.2. The van der Waals surface area contributed by atoms with Crippen molar-refractivity contribution in [2.45, 2.75) is 37.2 Å². The van der Waals surface area contributed by atoms with Crippen molar-refractivity contribution in [2.24, 2.45) is 0 Å². The van der Waals surface area contributed by atoms with Crippen LogP contribution >= 0.6 is 11.8 Å². The largest absolute Gasteiger partial charge is 0.493 e.